The first-order chi connectivity index (χ1) is 25.1. The van der Waals surface area contributed by atoms with Crippen molar-refractivity contribution in [2.45, 2.75) is 73.8 Å². The molecule has 5 N–H and O–H groups in total. The van der Waals surface area contributed by atoms with Crippen LogP contribution in [-0.4, -0.2) is 107 Å². The molecule has 5 aliphatic rings. The molecule has 4 saturated heterocycles. The molecule has 0 bridgehead atoms. The van der Waals surface area contributed by atoms with Gasteiger partial charge >= 0.3 is 0 Å². The summed E-state index contributed by atoms with van der Waals surface area (Å²) in [6.07, 6.45) is 5.95. The van der Waals surface area contributed by atoms with Gasteiger partial charge in [0, 0.05) is 91.5 Å². The molecule has 1 spiro atoms. The SMILES string of the molecule is C[C@@H]1OCC2(CCN(c3cnc(Sc4ccnc(N5CCN(Cc6ccc7c(c6F)CN(C6CCC(=O)NC6=O)C7=O)CC5)c4)c(N)n3)CC2)[C@@H]1N. The molecule has 52 heavy (non-hydrogen) atoms. The zero-order valence-corrected chi connectivity index (χ0v) is 29.9. The first-order valence-electron chi connectivity index (χ1n) is 17.9. The molecule has 3 amide bonds. The van der Waals surface area contributed by atoms with Crippen LogP contribution in [0.5, 0.6) is 0 Å². The molecule has 14 nitrogen and oxygen atoms in total. The average Bonchev–Trinajstić information content (AvgIpc) is 3.62. The highest BCUT2D eigenvalue weighted by atomic mass is 32.2. The lowest BCUT2D eigenvalue weighted by Crippen LogP contribution is -2.52. The zero-order valence-electron chi connectivity index (χ0n) is 29.1. The Labute approximate surface area is 305 Å². The van der Waals surface area contributed by atoms with Gasteiger partial charge in [0.25, 0.3) is 5.91 Å². The van der Waals surface area contributed by atoms with E-state index < -0.39 is 17.8 Å². The Hall–Kier alpha value is -4.38. The van der Waals surface area contributed by atoms with Crippen LogP contribution in [0.25, 0.3) is 0 Å². The number of fused-ring (bicyclic) bond motifs is 1. The van der Waals surface area contributed by atoms with Crippen LogP contribution in [0.4, 0.5) is 21.8 Å². The van der Waals surface area contributed by atoms with Crippen molar-refractivity contribution < 1.29 is 23.5 Å². The van der Waals surface area contributed by atoms with Gasteiger partial charge in [0.1, 0.15) is 28.5 Å². The predicted molar refractivity (Wildman–Crippen MR) is 192 cm³/mol. The van der Waals surface area contributed by atoms with E-state index in [0.29, 0.717) is 61.3 Å². The monoisotopic (exact) mass is 730 g/mol. The number of ether oxygens (including phenoxy) is 1. The van der Waals surface area contributed by atoms with Gasteiger partial charge in [0.15, 0.2) is 5.82 Å². The summed E-state index contributed by atoms with van der Waals surface area (Å²) in [4.78, 5) is 60.0. The van der Waals surface area contributed by atoms with Crippen LogP contribution in [0.3, 0.4) is 0 Å². The van der Waals surface area contributed by atoms with Crippen LogP contribution in [0, 0.1) is 11.2 Å². The average molecular weight is 731 g/mol. The number of halogens is 1. The maximum atomic E-state index is 15.8. The van der Waals surface area contributed by atoms with Crippen molar-refractivity contribution in [3.8, 4) is 0 Å². The third kappa shape index (κ3) is 6.46. The summed E-state index contributed by atoms with van der Waals surface area (Å²) >= 11 is 1.45. The number of anilines is 3. The molecule has 0 aliphatic carbocycles. The Kier molecular flexibility index (Phi) is 9.26. The number of piperidine rings is 2. The fourth-order valence-electron chi connectivity index (χ4n) is 8.17. The number of hydrogen-bond donors (Lipinski definition) is 3. The molecule has 0 radical (unpaired) electrons. The second kappa shape index (κ2) is 13.9. The van der Waals surface area contributed by atoms with E-state index in [0.717, 1.165) is 42.5 Å². The first kappa shape index (κ1) is 34.7. The molecule has 274 valence electrons. The van der Waals surface area contributed by atoms with Gasteiger partial charge in [0.05, 0.1) is 25.5 Å². The van der Waals surface area contributed by atoms with Crippen LogP contribution in [0.15, 0.2) is 46.6 Å². The van der Waals surface area contributed by atoms with Crippen molar-refractivity contribution in [3.63, 3.8) is 0 Å². The van der Waals surface area contributed by atoms with E-state index in [9.17, 15) is 14.4 Å². The topological polar surface area (TPSA) is 176 Å². The largest absolute Gasteiger partial charge is 0.381 e. The van der Waals surface area contributed by atoms with Crippen molar-refractivity contribution >= 4 is 46.9 Å². The molecule has 3 atom stereocenters. The van der Waals surface area contributed by atoms with Crippen LogP contribution in [0.2, 0.25) is 0 Å². The van der Waals surface area contributed by atoms with E-state index in [1.165, 1.54) is 16.7 Å². The van der Waals surface area contributed by atoms with Crippen molar-refractivity contribution in [3.05, 3.63) is 59.2 Å². The molecule has 16 heteroatoms. The van der Waals surface area contributed by atoms with Gasteiger partial charge in [-0.05, 0) is 44.4 Å². The van der Waals surface area contributed by atoms with Gasteiger partial charge in [0.2, 0.25) is 11.8 Å². The Morgan fingerprint density at radius 2 is 1.81 bits per heavy atom. The van der Waals surface area contributed by atoms with Gasteiger partial charge in [-0.3, -0.25) is 24.6 Å². The Balaban J connectivity index is 0.855. The number of benzene rings is 1. The summed E-state index contributed by atoms with van der Waals surface area (Å²) < 4.78 is 21.6. The number of carbonyl (C=O) groups is 3. The molecular weight excluding hydrogens is 688 g/mol. The zero-order chi connectivity index (χ0) is 36.1. The number of amides is 3. The standard InChI is InChI=1S/C36H43FN10O4S/c1-21-31(38)36(20-51-21)7-10-45(11-8-36)28-17-41-34(32(39)42-28)52-23-6-9-40-27(16-23)46-14-12-44(13-15-46)18-22-2-3-24-25(30(22)37)19-47(35(24)50)26-4-5-29(48)43-33(26)49/h2-3,6,9,16-17,21,26,31H,4-5,7-8,10-15,18-20,38H2,1H3,(H2,39,42)(H,43,48,49)/t21-,26?,31+/m0/s1. The lowest BCUT2D eigenvalue weighted by Gasteiger charge is -2.41. The fourth-order valence-corrected chi connectivity index (χ4v) is 8.94. The number of carbonyl (C=O) groups excluding carboxylic acids is 3. The minimum Gasteiger partial charge on any atom is -0.381 e. The summed E-state index contributed by atoms with van der Waals surface area (Å²) in [5.41, 5.74) is 14.0. The van der Waals surface area contributed by atoms with Gasteiger partial charge in [-0.1, -0.05) is 17.8 Å². The summed E-state index contributed by atoms with van der Waals surface area (Å²) in [5, 5.41) is 2.92. The number of piperazine rings is 1. The van der Waals surface area contributed by atoms with Crippen LogP contribution in [-0.2, 0) is 27.4 Å². The number of rotatable bonds is 7. The third-order valence-corrected chi connectivity index (χ3v) is 12.4. The lowest BCUT2D eigenvalue weighted by atomic mass is 9.73. The number of nitrogen functional groups attached to an aromatic ring is 1. The van der Waals surface area contributed by atoms with E-state index >= 15 is 4.39 Å². The molecule has 4 fully saturated rings. The molecule has 2 aromatic heterocycles. The third-order valence-electron chi connectivity index (χ3n) is 11.4. The number of nitrogens with one attached hydrogen (secondary N) is 1. The maximum Gasteiger partial charge on any atom is 0.255 e. The second-order valence-electron chi connectivity index (χ2n) is 14.5. The summed E-state index contributed by atoms with van der Waals surface area (Å²) in [6.45, 7) is 7.66. The predicted octanol–water partition coefficient (Wildman–Crippen LogP) is 2.16. The molecule has 3 aromatic rings. The number of imide groups is 1. The fraction of sp³-hybridized carbons (Fsp3) is 0.500. The highest BCUT2D eigenvalue weighted by molar-refractivity contribution is 7.99. The van der Waals surface area contributed by atoms with Crippen LogP contribution in [0.1, 0.15) is 54.1 Å². The van der Waals surface area contributed by atoms with Crippen molar-refractivity contribution in [1.29, 1.82) is 0 Å². The highest BCUT2D eigenvalue weighted by Gasteiger charge is 2.48. The number of pyridine rings is 1. The smallest absolute Gasteiger partial charge is 0.255 e. The van der Waals surface area contributed by atoms with E-state index in [1.54, 1.807) is 24.5 Å². The molecule has 1 unspecified atom stereocenters. The number of nitrogens with zero attached hydrogens (tertiary/aromatic N) is 7. The van der Waals surface area contributed by atoms with Crippen LogP contribution < -0.4 is 26.6 Å². The lowest BCUT2D eigenvalue weighted by molar-refractivity contribution is -0.136. The van der Waals surface area contributed by atoms with E-state index in [-0.39, 0.29) is 54.3 Å². The van der Waals surface area contributed by atoms with E-state index in [1.807, 2.05) is 12.1 Å². The maximum absolute atomic E-state index is 15.8. The van der Waals surface area contributed by atoms with Gasteiger partial charge < -0.3 is 30.9 Å². The number of nitrogens with two attached hydrogens (primary N) is 2. The molecule has 5 aliphatic heterocycles. The Bertz CT molecular complexity index is 1900. The van der Waals surface area contributed by atoms with Crippen molar-refractivity contribution in [2.75, 3.05) is 61.4 Å². The summed E-state index contributed by atoms with van der Waals surface area (Å²) in [7, 11) is 0. The highest BCUT2D eigenvalue weighted by Crippen LogP contribution is 2.42. The first-order valence-corrected chi connectivity index (χ1v) is 18.7. The van der Waals surface area contributed by atoms with Crippen molar-refractivity contribution in [1.82, 2.24) is 30.1 Å². The minimum absolute atomic E-state index is 0.0134. The summed E-state index contributed by atoms with van der Waals surface area (Å²) in [6, 6.07) is 6.55. The number of aromatic nitrogens is 3. The molecule has 8 rings (SSSR count). The minimum atomic E-state index is -0.778. The molecule has 1 aromatic carbocycles. The normalized spacial score (nSPS) is 24.9. The molecule has 0 saturated carbocycles. The quantitative estimate of drug-likeness (QED) is 0.302. The second-order valence-corrected chi connectivity index (χ2v) is 15.6. The van der Waals surface area contributed by atoms with Gasteiger partial charge in [-0.25, -0.2) is 19.3 Å². The van der Waals surface area contributed by atoms with E-state index in [4.69, 9.17) is 21.2 Å². The van der Waals surface area contributed by atoms with Crippen LogP contribution >= 0.6 is 11.8 Å². The Morgan fingerprint density at radius 1 is 1.04 bits per heavy atom. The van der Waals surface area contributed by atoms with Gasteiger partial charge in [-0.15, -0.1) is 0 Å². The number of hydrogen-bond acceptors (Lipinski definition) is 13. The molecule has 7 heterocycles. The van der Waals surface area contributed by atoms with Gasteiger partial charge in [-0.2, -0.15) is 0 Å². The molecular formula is C36H43FN10O4S. The summed E-state index contributed by atoms with van der Waals surface area (Å²) in [5.74, 6) is 0.343. The van der Waals surface area contributed by atoms with Crippen molar-refractivity contribution in [2.24, 2.45) is 11.1 Å². The Morgan fingerprint density at radius 3 is 2.52 bits per heavy atom. The van der Waals surface area contributed by atoms with E-state index in [2.05, 4.69) is 36.9 Å².